The largest absolute Gasteiger partial charge is 0.377 e. The quantitative estimate of drug-likeness (QED) is 0.669. The molecule has 0 radical (unpaired) electrons. The topological polar surface area (TPSA) is 57.6 Å². The molecule has 0 aromatic heterocycles. The maximum absolute atomic E-state index is 16.5. The van der Waals surface area contributed by atoms with Gasteiger partial charge in [-0.1, -0.05) is 78.9 Å². The van der Waals surface area contributed by atoms with Crippen LogP contribution in [0.4, 0.5) is 4.39 Å². The van der Waals surface area contributed by atoms with Crippen LogP contribution in [0.2, 0.25) is 0 Å². The van der Waals surface area contributed by atoms with Crippen LogP contribution in [0.1, 0.15) is 24.0 Å². The molecule has 1 aliphatic heterocycles. The van der Waals surface area contributed by atoms with Gasteiger partial charge in [-0.3, -0.25) is 0 Å². The van der Waals surface area contributed by atoms with Crippen LogP contribution in [0.15, 0.2) is 95.9 Å². The van der Waals surface area contributed by atoms with Crippen molar-refractivity contribution in [2.45, 2.75) is 29.0 Å². The van der Waals surface area contributed by atoms with Crippen LogP contribution in [0.3, 0.4) is 0 Å². The zero-order valence-electron chi connectivity index (χ0n) is 16.5. The molecule has 1 N–H and O–H groups in total. The van der Waals surface area contributed by atoms with Crippen molar-refractivity contribution in [1.29, 1.82) is 0 Å². The molecular formula is C24H24FNO3S. The van der Waals surface area contributed by atoms with Crippen LogP contribution in [-0.2, 0) is 15.6 Å². The van der Waals surface area contributed by atoms with Crippen molar-refractivity contribution in [3.63, 3.8) is 0 Å². The third-order valence-electron chi connectivity index (χ3n) is 5.93. The van der Waals surface area contributed by atoms with E-state index in [0.717, 1.165) is 0 Å². The van der Waals surface area contributed by atoms with E-state index >= 15 is 4.39 Å². The number of nitrogens with zero attached hydrogens (tertiary/aromatic N) is 1. The van der Waals surface area contributed by atoms with E-state index in [2.05, 4.69) is 0 Å². The third-order valence-corrected chi connectivity index (χ3v) is 7.84. The van der Waals surface area contributed by atoms with E-state index in [9.17, 15) is 13.5 Å². The number of halogens is 1. The van der Waals surface area contributed by atoms with Crippen molar-refractivity contribution >= 4 is 10.0 Å². The normalized spacial score (nSPS) is 17.5. The van der Waals surface area contributed by atoms with Crippen molar-refractivity contribution in [1.82, 2.24) is 4.31 Å². The van der Waals surface area contributed by atoms with Gasteiger partial charge in [0.2, 0.25) is 10.0 Å². The van der Waals surface area contributed by atoms with E-state index in [1.165, 1.54) is 16.4 Å². The number of aliphatic hydroxyl groups is 1. The van der Waals surface area contributed by atoms with Crippen LogP contribution in [-0.4, -0.2) is 36.6 Å². The Kier molecular flexibility index (Phi) is 5.49. The second-order valence-electron chi connectivity index (χ2n) is 7.62. The van der Waals surface area contributed by atoms with Gasteiger partial charge in [0.05, 0.1) is 4.90 Å². The number of piperidine rings is 1. The lowest BCUT2D eigenvalue weighted by atomic mass is 9.70. The predicted molar refractivity (Wildman–Crippen MR) is 114 cm³/mol. The molecule has 0 amide bonds. The summed E-state index contributed by atoms with van der Waals surface area (Å²) >= 11 is 0. The number of hydrogen-bond acceptors (Lipinski definition) is 3. The van der Waals surface area contributed by atoms with Gasteiger partial charge in [-0.15, -0.1) is 0 Å². The van der Waals surface area contributed by atoms with Gasteiger partial charge < -0.3 is 5.11 Å². The predicted octanol–water partition coefficient (Wildman–Crippen LogP) is 4.12. The fourth-order valence-corrected chi connectivity index (χ4v) is 5.69. The molecule has 1 fully saturated rings. The summed E-state index contributed by atoms with van der Waals surface area (Å²) in [7, 11) is -3.70. The van der Waals surface area contributed by atoms with Crippen molar-refractivity contribution in [2.24, 2.45) is 0 Å². The molecule has 1 saturated heterocycles. The Hall–Kier alpha value is -2.54. The molecule has 1 heterocycles. The Bertz CT molecular complexity index is 1040. The van der Waals surface area contributed by atoms with Gasteiger partial charge in [-0.2, -0.15) is 4.31 Å². The number of benzene rings is 3. The van der Waals surface area contributed by atoms with Crippen LogP contribution in [0, 0.1) is 0 Å². The van der Waals surface area contributed by atoms with Crippen LogP contribution < -0.4 is 0 Å². The lowest BCUT2D eigenvalue weighted by Crippen LogP contribution is -2.56. The molecule has 3 aromatic carbocycles. The molecule has 0 atom stereocenters. The van der Waals surface area contributed by atoms with E-state index in [4.69, 9.17) is 0 Å². The number of sulfonamides is 1. The molecule has 0 aliphatic carbocycles. The highest BCUT2D eigenvalue weighted by Crippen LogP contribution is 2.48. The highest BCUT2D eigenvalue weighted by atomic mass is 32.2. The fraction of sp³-hybridized carbons (Fsp3) is 0.250. The molecule has 4 rings (SSSR count). The minimum atomic E-state index is -3.70. The second kappa shape index (κ2) is 7.95. The Morgan fingerprint density at radius 3 is 1.60 bits per heavy atom. The molecule has 4 nitrogen and oxygen atoms in total. The first-order valence-electron chi connectivity index (χ1n) is 9.95. The Labute approximate surface area is 176 Å². The molecule has 0 unspecified atom stereocenters. The maximum atomic E-state index is 16.5. The molecule has 3 aromatic rings. The average Bonchev–Trinajstić information content (AvgIpc) is 2.80. The van der Waals surface area contributed by atoms with Gasteiger partial charge >= 0.3 is 0 Å². The first kappa shape index (κ1) is 20.7. The molecule has 30 heavy (non-hydrogen) atoms. The monoisotopic (exact) mass is 425 g/mol. The zero-order chi connectivity index (χ0) is 21.2. The van der Waals surface area contributed by atoms with Crippen LogP contribution >= 0.6 is 0 Å². The summed E-state index contributed by atoms with van der Waals surface area (Å²) in [5.74, 6) is 0. The Morgan fingerprint density at radius 1 is 0.767 bits per heavy atom. The molecule has 1 aliphatic rings. The standard InChI is InChI=1S/C24H24FNO3S/c25-23(16-18-26(19-17-23)30(28,29)22-14-8-3-9-15-22)24(27,20-10-4-1-5-11-20)21-12-6-2-7-13-21/h1-15,27H,16-19H2. The number of rotatable bonds is 5. The number of hydrogen-bond donors (Lipinski definition) is 1. The average molecular weight is 426 g/mol. The first-order chi connectivity index (χ1) is 14.4. The summed E-state index contributed by atoms with van der Waals surface area (Å²) in [5.41, 5.74) is -2.98. The summed E-state index contributed by atoms with van der Waals surface area (Å²) in [5, 5.41) is 11.8. The summed E-state index contributed by atoms with van der Waals surface area (Å²) in [6, 6.07) is 25.7. The van der Waals surface area contributed by atoms with E-state index in [-0.39, 0.29) is 30.8 Å². The molecule has 0 spiro atoms. The minimum Gasteiger partial charge on any atom is -0.377 e. The van der Waals surface area contributed by atoms with Crippen molar-refractivity contribution < 1.29 is 17.9 Å². The molecular weight excluding hydrogens is 401 g/mol. The fourth-order valence-electron chi connectivity index (χ4n) is 4.23. The Morgan fingerprint density at radius 2 is 1.17 bits per heavy atom. The van der Waals surface area contributed by atoms with Crippen LogP contribution in [0.5, 0.6) is 0 Å². The lowest BCUT2D eigenvalue weighted by Gasteiger charge is -2.46. The third kappa shape index (κ3) is 3.45. The number of alkyl halides is 1. The molecule has 156 valence electrons. The SMILES string of the molecule is O=S(=O)(c1ccccc1)N1CCC(F)(C(O)(c2ccccc2)c2ccccc2)CC1. The van der Waals surface area contributed by atoms with E-state index in [1.54, 1.807) is 66.7 Å². The molecule has 0 bridgehead atoms. The van der Waals surface area contributed by atoms with Crippen molar-refractivity contribution in [3.05, 3.63) is 102 Å². The second-order valence-corrected chi connectivity index (χ2v) is 9.56. The van der Waals surface area contributed by atoms with Gasteiger partial charge in [-0.05, 0) is 36.1 Å². The van der Waals surface area contributed by atoms with E-state index in [1.807, 2.05) is 12.1 Å². The Balaban J connectivity index is 1.68. The molecule has 6 heteroatoms. The summed E-state index contributed by atoms with van der Waals surface area (Å²) in [6.45, 7) is -0.00852. The van der Waals surface area contributed by atoms with Crippen molar-refractivity contribution in [2.75, 3.05) is 13.1 Å². The maximum Gasteiger partial charge on any atom is 0.243 e. The summed E-state index contributed by atoms with van der Waals surface area (Å²) in [6.07, 6.45) is -0.224. The van der Waals surface area contributed by atoms with Gasteiger partial charge in [-0.25, -0.2) is 12.8 Å². The van der Waals surface area contributed by atoms with Crippen molar-refractivity contribution in [3.8, 4) is 0 Å². The zero-order valence-corrected chi connectivity index (χ0v) is 17.3. The van der Waals surface area contributed by atoms with Gasteiger partial charge in [0.15, 0.2) is 0 Å². The van der Waals surface area contributed by atoms with Gasteiger partial charge in [0, 0.05) is 13.1 Å². The van der Waals surface area contributed by atoms with E-state index in [0.29, 0.717) is 11.1 Å². The van der Waals surface area contributed by atoms with Gasteiger partial charge in [0.1, 0.15) is 11.3 Å². The van der Waals surface area contributed by atoms with Crippen LogP contribution in [0.25, 0.3) is 0 Å². The highest BCUT2D eigenvalue weighted by molar-refractivity contribution is 7.89. The first-order valence-corrected chi connectivity index (χ1v) is 11.4. The van der Waals surface area contributed by atoms with E-state index < -0.39 is 21.3 Å². The molecule has 0 saturated carbocycles. The highest BCUT2D eigenvalue weighted by Gasteiger charge is 2.55. The summed E-state index contributed by atoms with van der Waals surface area (Å²) < 4.78 is 43.6. The minimum absolute atomic E-state index is 0.00426. The smallest absolute Gasteiger partial charge is 0.243 e. The lowest BCUT2D eigenvalue weighted by molar-refractivity contribution is -0.103. The van der Waals surface area contributed by atoms with Gasteiger partial charge in [0.25, 0.3) is 0 Å². The summed E-state index contributed by atoms with van der Waals surface area (Å²) in [4.78, 5) is 0.192.